The molecule has 5 rings (SSSR count). The van der Waals surface area contributed by atoms with Crippen LogP contribution in [0.15, 0.2) is 54.9 Å². The number of halogens is 1. The predicted molar refractivity (Wildman–Crippen MR) is 111 cm³/mol. The van der Waals surface area contributed by atoms with Crippen LogP contribution in [0.25, 0.3) is 22.4 Å². The normalized spacial score (nSPS) is 16.4. The van der Waals surface area contributed by atoms with Crippen LogP contribution in [0.3, 0.4) is 0 Å². The Kier molecular flexibility index (Phi) is 5.46. The minimum absolute atomic E-state index is 0.0552. The first-order valence-corrected chi connectivity index (χ1v) is 10.1. The zero-order valence-electron chi connectivity index (χ0n) is 17.0. The van der Waals surface area contributed by atoms with Gasteiger partial charge in [0.15, 0.2) is 0 Å². The Morgan fingerprint density at radius 3 is 3.03 bits per heavy atom. The highest BCUT2D eigenvalue weighted by atomic mass is 19.1. The number of hydrogen-bond donors (Lipinski definition) is 0. The van der Waals surface area contributed by atoms with Gasteiger partial charge in [-0.1, -0.05) is 17.0 Å². The van der Waals surface area contributed by atoms with E-state index in [0.29, 0.717) is 42.1 Å². The van der Waals surface area contributed by atoms with Crippen LogP contribution in [0.2, 0.25) is 0 Å². The number of ether oxygens (including phenoxy) is 1. The largest absolute Gasteiger partial charge is 0.391 e. The van der Waals surface area contributed by atoms with Gasteiger partial charge >= 0.3 is 0 Å². The van der Waals surface area contributed by atoms with Crippen molar-refractivity contribution in [2.75, 3.05) is 26.3 Å². The van der Waals surface area contributed by atoms with Crippen molar-refractivity contribution >= 4 is 17.1 Å². The molecule has 1 unspecified atom stereocenters. The predicted octanol–water partition coefficient (Wildman–Crippen LogP) is 1.19. The lowest BCUT2D eigenvalue weighted by atomic mass is 10.1. The zero-order chi connectivity index (χ0) is 21.9. The molecule has 1 atom stereocenters. The summed E-state index contributed by atoms with van der Waals surface area (Å²) in [5, 5.41) is 12.3. The van der Waals surface area contributed by atoms with Gasteiger partial charge < -0.3 is 14.5 Å². The molecule has 0 radical (unpaired) electrons. The van der Waals surface area contributed by atoms with Gasteiger partial charge in [0.1, 0.15) is 30.6 Å². The molecule has 1 saturated heterocycles. The van der Waals surface area contributed by atoms with E-state index < -0.39 is 0 Å². The van der Waals surface area contributed by atoms with Crippen molar-refractivity contribution in [1.29, 1.82) is 0 Å². The lowest BCUT2D eigenvalue weighted by Gasteiger charge is -2.32. The summed E-state index contributed by atoms with van der Waals surface area (Å²) in [5.74, 6) is -0.454. The van der Waals surface area contributed by atoms with Gasteiger partial charge in [-0.3, -0.25) is 9.48 Å². The smallest absolute Gasteiger partial charge is 0.244 e. The van der Waals surface area contributed by atoms with Gasteiger partial charge in [0.2, 0.25) is 11.6 Å². The number of aromatic nitrogens is 6. The molecule has 0 N–H and O–H groups in total. The first-order chi connectivity index (χ1) is 15.7. The molecule has 1 fully saturated rings. The molecule has 3 aromatic heterocycles. The second kappa shape index (κ2) is 8.71. The van der Waals surface area contributed by atoms with E-state index in [9.17, 15) is 9.18 Å². The highest BCUT2D eigenvalue weighted by Gasteiger charge is 2.25. The Morgan fingerprint density at radius 1 is 1.22 bits per heavy atom. The number of amides is 1. The van der Waals surface area contributed by atoms with Crippen molar-refractivity contribution in [3.63, 3.8) is 0 Å². The van der Waals surface area contributed by atoms with Crippen LogP contribution in [0.4, 0.5) is 4.39 Å². The standard InChI is InChI=1S/C21H20FN7O3/c22-17-5-2-1-4-16(17)18-7-9-28(25-18)13-20(30)27-10-11-31-15(12-27)14-32-29-21-19(24-26-29)6-3-8-23-21/h1-9,15H,10-14H2. The number of carbonyl (C=O) groups is 1. The summed E-state index contributed by atoms with van der Waals surface area (Å²) < 4.78 is 21.2. The average Bonchev–Trinajstić information content (AvgIpc) is 3.45. The van der Waals surface area contributed by atoms with E-state index in [-0.39, 0.29) is 31.0 Å². The molecule has 1 aliphatic heterocycles. The molecule has 0 bridgehead atoms. The number of hydrogen-bond acceptors (Lipinski definition) is 7. The van der Waals surface area contributed by atoms with Crippen molar-refractivity contribution in [3.8, 4) is 11.3 Å². The summed E-state index contributed by atoms with van der Waals surface area (Å²) in [7, 11) is 0. The van der Waals surface area contributed by atoms with Crippen molar-refractivity contribution in [2.45, 2.75) is 12.6 Å². The Labute approximate surface area is 182 Å². The first-order valence-electron chi connectivity index (χ1n) is 10.1. The van der Waals surface area contributed by atoms with Crippen molar-refractivity contribution in [1.82, 2.24) is 34.8 Å². The van der Waals surface area contributed by atoms with Crippen LogP contribution in [0, 0.1) is 5.82 Å². The summed E-state index contributed by atoms with van der Waals surface area (Å²) in [4.78, 5) is 25.6. The summed E-state index contributed by atoms with van der Waals surface area (Å²) >= 11 is 0. The number of nitrogens with zero attached hydrogens (tertiary/aromatic N) is 7. The second-order valence-corrected chi connectivity index (χ2v) is 7.32. The Balaban J connectivity index is 1.18. The van der Waals surface area contributed by atoms with Crippen molar-refractivity contribution in [2.24, 2.45) is 0 Å². The fraction of sp³-hybridized carbons (Fsp3) is 0.286. The Morgan fingerprint density at radius 2 is 2.12 bits per heavy atom. The monoisotopic (exact) mass is 437 g/mol. The molecule has 1 aromatic carbocycles. The minimum Gasteiger partial charge on any atom is -0.391 e. The fourth-order valence-electron chi connectivity index (χ4n) is 3.53. The fourth-order valence-corrected chi connectivity index (χ4v) is 3.53. The first kappa shape index (κ1) is 20.1. The van der Waals surface area contributed by atoms with E-state index in [1.807, 2.05) is 0 Å². The summed E-state index contributed by atoms with van der Waals surface area (Å²) in [6.45, 7) is 1.50. The highest BCUT2D eigenvalue weighted by molar-refractivity contribution is 5.76. The third kappa shape index (κ3) is 4.14. The van der Waals surface area contributed by atoms with Gasteiger partial charge in [-0.2, -0.15) is 5.10 Å². The van der Waals surface area contributed by atoms with E-state index in [2.05, 4.69) is 20.4 Å². The molecule has 10 nitrogen and oxygen atoms in total. The quantitative estimate of drug-likeness (QED) is 0.447. The molecule has 164 valence electrons. The van der Waals surface area contributed by atoms with Crippen LogP contribution in [-0.2, 0) is 16.1 Å². The van der Waals surface area contributed by atoms with Gasteiger partial charge in [-0.15, -0.1) is 5.10 Å². The molecule has 0 spiro atoms. The molecule has 1 aliphatic rings. The van der Waals surface area contributed by atoms with Crippen LogP contribution < -0.4 is 4.84 Å². The van der Waals surface area contributed by atoms with E-state index in [4.69, 9.17) is 9.57 Å². The number of benzene rings is 1. The number of fused-ring (bicyclic) bond motifs is 1. The molecule has 0 aliphatic carbocycles. The molecule has 11 heteroatoms. The molecule has 4 aromatic rings. The molecular weight excluding hydrogens is 417 g/mol. The van der Waals surface area contributed by atoms with Gasteiger partial charge in [0.25, 0.3) is 0 Å². The summed E-state index contributed by atoms with van der Waals surface area (Å²) in [5.41, 5.74) is 2.03. The molecule has 32 heavy (non-hydrogen) atoms. The minimum atomic E-state index is -0.351. The lowest BCUT2D eigenvalue weighted by molar-refractivity contribution is -0.142. The SMILES string of the molecule is O=C(Cn1ccc(-c2ccccc2F)n1)N1CCOC(COn2nnc3cccnc32)C1. The number of carbonyl (C=O) groups excluding carboxylic acids is 1. The second-order valence-electron chi connectivity index (χ2n) is 7.32. The van der Waals surface area contributed by atoms with E-state index in [0.717, 1.165) is 0 Å². The third-order valence-corrected chi connectivity index (χ3v) is 5.14. The maximum Gasteiger partial charge on any atom is 0.244 e. The van der Waals surface area contributed by atoms with E-state index in [1.54, 1.807) is 53.7 Å². The van der Waals surface area contributed by atoms with Crippen molar-refractivity contribution in [3.05, 3.63) is 60.7 Å². The maximum absolute atomic E-state index is 14.0. The number of morpholine rings is 1. The topological polar surface area (TPSA) is 100 Å². The maximum atomic E-state index is 14.0. The Hall–Kier alpha value is -3.86. The molecule has 4 heterocycles. The van der Waals surface area contributed by atoms with Gasteiger partial charge in [0.05, 0.1) is 18.8 Å². The van der Waals surface area contributed by atoms with Gasteiger partial charge in [0, 0.05) is 24.5 Å². The van der Waals surface area contributed by atoms with Crippen LogP contribution in [-0.4, -0.2) is 73.1 Å². The third-order valence-electron chi connectivity index (χ3n) is 5.14. The van der Waals surface area contributed by atoms with Gasteiger partial charge in [-0.05, 0) is 35.5 Å². The molecule has 0 saturated carbocycles. The number of rotatable bonds is 6. The molecular formula is C21H20FN7O3. The van der Waals surface area contributed by atoms with Crippen LogP contribution in [0.1, 0.15) is 0 Å². The van der Waals surface area contributed by atoms with E-state index in [1.165, 1.54) is 15.6 Å². The number of pyridine rings is 1. The van der Waals surface area contributed by atoms with Gasteiger partial charge in [-0.25, -0.2) is 9.37 Å². The Bertz CT molecular complexity index is 1240. The van der Waals surface area contributed by atoms with Crippen LogP contribution >= 0.6 is 0 Å². The average molecular weight is 437 g/mol. The van der Waals surface area contributed by atoms with E-state index >= 15 is 0 Å². The lowest BCUT2D eigenvalue weighted by Crippen LogP contribution is -2.49. The zero-order valence-corrected chi connectivity index (χ0v) is 17.0. The molecule has 1 amide bonds. The summed E-state index contributed by atoms with van der Waals surface area (Å²) in [6.07, 6.45) is 2.99. The van der Waals surface area contributed by atoms with Crippen molar-refractivity contribution < 1.29 is 18.8 Å². The summed E-state index contributed by atoms with van der Waals surface area (Å²) in [6, 6.07) is 11.7. The highest BCUT2D eigenvalue weighted by Crippen LogP contribution is 2.20. The van der Waals surface area contributed by atoms with Crippen LogP contribution in [0.5, 0.6) is 0 Å².